The molecule has 1 N–H and O–H groups in total. The van der Waals surface area contributed by atoms with Crippen LogP contribution in [0.5, 0.6) is 5.75 Å². The molecule has 1 aromatic carbocycles. The van der Waals surface area contributed by atoms with Crippen molar-refractivity contribution in [2.45, 2.75) is 65.1 Å². The fourth-order valence-electron chi connectivity index (χ4n) is 3.16. The molecule has 0 spiro atoms. The largest absolute Gasteiger partial charge is 0.491 e. The molecule has 128 valence electrons. The van der Waals surface area contributed by atoms with E-state index in [1.165, 1.54) is 6.42 Å². The monoisotopic (exact) mass is 318 g/mol. The van der Waals surface area contributed by atoms with Gasteiger partial charge in [0.15, 0.2) is 0 Å². The molecule has 1 heterocycles. The van der Waals surface area contributed by atoms with Gasteiger partial charge in [-0.3, -0.25) is 9.69 Å². The van der Waals surface area contributed by atoms with E-state index in [4.69, 9.17) is 4.74 Å². The second kappa shape index (κ2) is 8.92. The molecule has 0 bridgehead atoms. The van der Waals surface area contributed by atoms with Crippen LogP contribution in [-0.4, -0.2) is 36.0 Å². The summed E-state index contributed by atoms with van der Waals surface area (Å²) >= 11 is 0. The second-order valence-electron chi connectivity index (χ2n) is 6.54. The molecule has 1 aliphatic rings. The minimum Gasteiger partial charge on any atom is -0.491 e. The Balaban J connectivity index is 1.95. The minimum atomic E-state index is 0.0295. The first kappa shape index (κ1) is 17.8. The number of benzene rings is 1. The lowest BCUT2D eigenvalue weighted by Gasteiger charge is -2.34. The van der Waals surface area contributed by atoms with Crippen LogP contribution in [0.1, 0.15) is 52.0 Å². The molecule has 1 unspecified atom stereocenters. The third-order valence-electron chi connectivity index (χ3n) is 4.22. The highest BCUT2D eigenvalue weighted by Crippen LogP contribution is 2.20. The van der Waals surface area contributed by atoms with Gasteiger partial charge in [0, 0.05) is 12.1 Å². The van der Waals surface area contributed by atoms with Gasteiger partial charge in [-0.15, -0.1) is 0 Å². The lowest BCUT2D eigenvalue weighted by Crippen LogP contribution is -2.49. The van der Waals surface area contributed by atoms with Gasteiger partial charge in [-0.1, -0.05) is 31.5 Å². The first-order valence-electron chi connectivity index (χ1n) is 8.88. The van der Waals surface area contributed by atoms with Crippen LogP contribution in [0, 0.1) is 0 Å². The van der Waals surface area contributed by atoms with Crippen molar-refractivity contribution in [3.8, 4) is 5.75 Å². The molecule has 2 rings (SSSR count). The van der Waals surface area contributed by atoms with Gasteiger partial charge in [-0.2, -0.15) is 0 Å². The van der Waals surface area contributed by atoms with Crippen LogP contribution in [0.2, 0.25) is 0 Å². The first-order valence-corrected chi connectivity index (χ1v) is 8.88. The van der Waals surface area contributed by atoms with Crippen LogP contribution in [-0.2, 0) is 11.3 Å². The predicted molar refractivity (Wildman–Crippen MR) is 93.6 cm³/mol. The van der Waals surface area contributed by atoms with Crippen molar-refractivity contribution in [3.63, 3.8) is 0 Å². The molecule has 4 nitrogen and oxygen atoms in total. The summed E-state index contributed by atoms with van der Waals surface area (Å²) in [6.45, 7) is 8.77. The van der Waals surface area contributed by atoms with E-state index in [1.807, 2.05) is 38.1 Å². The molecule has 1 amide bonds. The number of carbonyl (C=O) groups excluding carboxylic acids is 1. The summed E-state index contributed by atoms with van der Waals surface area (Å²) in [5.74, 6) is 1.01. The zero-order chi connectivity index (χ0) is 16.7. The highest BCUT2D eigenvalue weighted by Gasteiger charge is 2.27. The van der Waals surface area contributed by atoms with Crippen molar-refractivity contribution >= 4 is 5.91 Å². The zero-order valence-electron chi connectivity index (χ0n) is 14.7. The molecule has 1 fully saturated rings. The van der Waals surface area contributed by atoms with Gasteiger partial charge in [-0.25, -0.2) is 0 Å². The Kier molecular flexibility index (Phi) is 6.90. The van der Waals surface area contributed by atoms with Crippen molar-refractivity contribution < 1.29 is 9.53 Å². The molecule has 1 saturated heterocycles. The molecule has 1 atom stereocenters. The number of carbonyl (C=O) groups is 1. The lowest BCUT2D eigenvalue weighted by molar-refractivity contribution is -0.127. The van der Waals surface area contributed by atoms with Crippen molar-refractivity contribution in [2.75, 3.05) is 13.1 Å². The van der Waals surface area contributed by atoms with Gasteiger partial charge in [0.25, 0.3) is 0 Å². The van der Waals surface area contributed by atoms with Crippen LogP contribution in [0.15, 0.2) is 24.3 Å². The lowest BCUT2D eigenvalue weighted by atomic mass is 10.0. The Morgan fingerprint density at radius 2 is 2.13 bits per heavy atom. The van der Waals surface area contributed by atoms with Crippen LogP contribution in [0.4, 0.5) is 0 Å². The van der Waals surface area contributed by atoms with Crippen LogP contribution in [0.3, 0.4) is 0 Å². The highest BCUT2D eigenvalue weighted by atomic mass is 16.5. The van der Waals surface area contributed by atoms with Gasteiger partial charge in [-0.05, 0) is 52.3 Å². The van der Waals surface area contributed by atoms with E-state index >= 15 is 0 Å². The topological polar surface area (TPSA) is 41.6 Å². The number of hydrogen-bond acceptors (Lipinski definition) is 3. The molecule has 4 heteroatoms. The fourth-order valence-corrected chi connectivity index (χ4v) is 3.16. The third-order valence-corrected chi connectivity index (χ3v) is 4.22. The molecule has 0 saturated carbocycles. The molecule has 23 heavy (non-hydrogen) atoms. The second-order valence-corrected chi connectivity index (χ2v) is 6.54. The smallest absolute Gasteiger partial charge is 0.237 e. The van der Waals surface area contributed by atoms with Crippen molar-refractivity contribution in [1.82, 2.24) is 10.2 Å². The first-order chi connectivity index (χ1) is 11.1. The van der Waals surface area contributed by atoms with Gasteiger partial charge in [0.1, 0.15) is 5.75 Å². The molecular formula is C19H30N2O2. The van der Waals surface area contributed by atoms with E-state index < -0.39 is 0 Å². The number of nitrogens with one attached hydrogen (secondary N) is 1. The number of nitrogens with zero attached hydrogens (tertiary/aromatic N) is 1. The van der Waals surface area contributed by atoms with E-state index in [2.05, 4.69) is 17.1 Å². The average molecular weight is 318 g/mol. The average Bonchev–Trinajstić information content (AvgIpc) is 2.54. The number of piperidine rings is 1. The predicted octanol–water partition coefficient (Wildman–Crippen LogP) is 3.35. The Hall–Kier alpha value is -1.55. The van der Waals surface area contributed by atoms with Crippen LogP contribution >= 0.6 is 0 Å². The van der Waals surface area contributed by atoms with E-state index in [0.717, 1.165) is 43.7 Å². The number of para-hydroxylation sites is 1. The van der Waals surface area contributed by atoms with Crippen LogP contribution < -0.4 is 10.1 Å². The Bertz CT molecular complexity index is 500. The van der Waals surface area contributed by atoms with Crippen molar-refractivity contribution in [3.05, 3.63) is 29.8 Å². The number of hydrogen-bond donors (Lipinski definition) is 1. The third kappa shape index (κ3) is 5.24. The fraction of sp³-hybridized carbons (Fsp3) is 0.632. The van der Waals surface area contributed by atoms with E-state index in [-0.39, 0.29) is 18.1 Å². The summed E-state index contributed by atoms with van der Waals surface area (Å²) < 4.78 is 5.82. The molecule has 0 aromatic heterocycles. The molecule has 1 aliphatic heterocycles. The number of amides is 1. The SMILES string of the molecule is CCCN1CCCCC1C(=O)NCc1ccccc1OC(C)C. The maximum Gasteiger partial charge on any atom is 0.237 e. The van der Waals surface area contributed by atoms with Crippen molar-refractivity contribution in [2.24, 2.45) is 0 Å². The summed E-state index contributed by atoms with van der Waals surface area (Å²) in [6.07, 6.45) is 4.54. The quantitative estimate of drug-likeness (QED) is 0.838. The van der Waals surface area contributed by atoms with Gasteiger partial charge < -0.3 is 10.1 Å². The van der Waals surface area contributed by atoms with E-state index in [0.29, 0.717) is 6.54 Å². The summed E-state index contributed by atoms with van der Waals surface area (Å²) in [5.41, 5.74) is 1.03. The Morgan fingerprint density at radius 1 is 1.35 bits per heavy atom. The number of rotatable bonds is 7. The van der Waals surface area contributed by atoms with E-state index in [9.17, 15) is 4.79 Å². The van der Waals surface area contributed by atoms with E-state index in [1.54, 1.807) is 0 Å². The van der Waals surface area contributed by atoms with Crippen LogP contribution in [0.25, 0.3) is 0 Å². The Morgan fingerprint density at radius 3 is 2.87 bits per heavy atom. The summed E-state index contributed by atoms with van der Waals surface area (Å²) in [5, 5.41) is 3.11. The van der Waals surface area contributed by atoms with Crippen molar-refractivity contribution in [1.29, 1.82) is 0 Å². The molecule has 0 radical (unpaired) electrons. The highest BCUT2D eigenvalue weighted by molar-refractivity contribution is 5.81. The zero-order valence-corrected chi connectivity index (χ0v) is 14.7. The normalized spacial score (nSPS) is 18.9. The van der Waals surface area contributed by atoms with Gasteiger partial charge in [0.2, 0.25) is 5.91 Å². The maximum absolute atomic E-state index is 12.6. The number of likely N-dealkylation sites (tertiary alicyclic amines) is 1. The molecule has 0 aliphatic carbocycles. The maximum atomic E-state index is 12.6. The van der Waals surface area contributed by atoms with Gasteiger partial charge in [0.05, 0.1) is 12.1 Å². The molecular weight excluding hydrogens is 288 g/mol. The minimum absolute atomic E-state index is 0.0295. The van der Waals surface area contributed by atoms with Gasteiger partial charge >= 0.3 is 0 Å². The number of ether oxygens (including phenoxy) is 1. The Labute approximate surface area is 140 Å². The standard InChI is InChI=1S/C19H30N2O2/c1-4-12-21-13-8-7-10-17(21)19(22)20-14-16-9-5-6-11-18(16)23-15(2)3/h5-6,9,11,15,17H,4,7-8,10,12-14H2,1-3H3,(H,20,22). The summed E-state index contributed by atoms with van der Waals surface area (Å²) in [7, 11) is 0. The summed E-state index contributed by atoms with van der Waals surface area (Å²) in [6, 6.07) is 7.96. The molecule has 1 aromatic rings. The summed E-state index contributed by atoms with van der Waals surface area (Å²) in [4.78, 5) is 14.9.